The van der Waals surface area contributed by atoms with Crippen LogP contribution in [0.2, 0.25) is 0 Å². The highest BCUT2D eigenvalue weighted by Gasteiger charge is 2.33. The lowest BCUT2D eigenvalue weighted by Crippen LogP contribution is -2.34. The molecule has 1 N–H and O–H groups in total. The fourth-order valence-corrected chi connectivity index (χ4v) is 4.39. The first-order valence-electron chi connectivity index (χ1n) is 12.7. The van der Waals surface area contributed by atoms with Crippen LogP contribution in [0.25, 0.3) is 0 Å². The summed E-state index contributed by atoms with van der Waals surface area (Å²) in [4.78, 5) is 17.7. The maximum absolute atomic E-state index is 13.5. The molecule has 1 aliphatic rings. The van der Waals surface area contributed by atoms with Gasteiger partial charge >= 0.3 is 6.18 Å². The van der Waals surface area contributed by atoms with Crippen molar-refractivity contribution >= 4 is 5.91 Å². The van der Waals surface area contributed by atoms with Gasteiger partial charge in [-0.25, -0.2) is 0 Å². The number of aliphatic hydroxyl groups is 1. The van der Waals surface area contributed by atoms with E-state index in [0.29, 0.717) is 31.5 Å². The van der Waals surface area contributed by atoms with Gasteiger partial charge in [-0.05, 0) is 43.9 Å². The normalized spacial score (nSPS) is 17.5. The van der Waals surface area contributed by atoms with E-state index >= 15 is 0 Å². The Bertz CT molecular complexity index is 1170. The van der Waals surface area contributed by atoms with Crippen molar-refractivity contribution in [1.82, 2.24) is 9.36 Å². The van der Waals surface area contributed by atoms with Gasteiger partial charge in [-0.1, -0.05) is 34.6 Å². The van der Waals surface area contributed by atoms with Crippen molar-refractivity contribution in [3.8, 4) is 5.75 Å². The SMILES string of the molecule is CCC(O)(CC)COc1ccc(C(F)(F)F)cc1C(=O)N=c1cc(C(C)(C)C)n(C)n1C[C@H]1CCCO1. The van der Waals surface area contributed by atoms with Crippen molar-refractivity contribution in [1.29, 1.82) is 0 Å². The van der Waals surface area contributed by atoms with E-state index in [-0.39, 0.29) is 29.4 Å². The van der Waals surface area contributed by atoms with Crippen molar-refractivity contribution < 1.29 is 32.5 Å². The third-order valence-electron chi connectivity index (χ3n) is 6.98. The van der Waals surface area contributed by atoms with Gasteiger partial charge in [0.2, 0.25) is 0 Å². The summed E-state index contributed by atoms with van der Waals surface area (Å²) in [6.07, 6.45) is -2.09. The van der Waals surface area contributed by atoms with E-state index in [1.54, 1.807) is 19.9 Å². The summed E-state index contributed by atoms with van der Waals surface area (Å²) in [5.41, 5.74) is -1.47. The van der Waals surface area contributed by atoms with Crippen molar-refractivity contribution in [2.45, 2.75) is 90.1 Å². The Morgan fingerprint density at radius 3 is 2.41 bits per heavy atom. The molecule has 1 fully saturated rings. The molecule has 0 bridgehead atoms. The molecule has 1 aromatic carbocycles. The highest BCUT2D eigenvalue weighted by atomic mass is 19.4. The van der Waals surface area contributed by atoms with Gasteiger partial charge in [-0.15, -0.1) is 0 Å². The molecule has 10 heteroatoms. The number of hydrogen-bond donors (Lipinski definition) is 1. The molecule has 2 heterocycles. The summed E-state index contributed by atoms with van der Waals surface area (Å²) in [5, 5.41) is 10.6. The van der Waals surface area contributed by atoms with Crippen LogP contribution in [-0.4, -0.2) is 45.3 Å². The molecule has 2 aromatic rings. The smallest absolute Gasteiger partial charge is 0.416 e. The molecular formula is C27H38F3N3O4. The van der Waals surface area contributed by atoms with Crippen molar-refractivity contribution in [2.24, 2.45) is 12.0 Å². The Morgan fingerprint density at radius 1 is 1.19 bits per heavy atom. The Morgan fingerprint density at radius 2 is 1.86 bits per heavy atom. The van der Waals surface area contributed by atoms with E-state index in [1.165, 1.54) is 0 Å². The summed E-state index contributed by atoms with van der Waals surface area (Å²) in [6.45, 7) is 10.6. The maximum Gasteiger partial charge on any atom is 0.416 e. The lowest BCUT2D eigenvalue weighted by atomic mass is 9.92. The summed E-state index contributed by atoms with van der Waals surface area (Å²) < 4.78 is 55.8. The van der Waals surface area contributed by atoms with Crippen LogP contribution in [0.3, 0.4) is 0 Å². The minimum Gasteiger partial charge on any atom is -0.490 e. The predicted octanol–water partition coefficient (Wildman–Crippen LogP) is 4.99. The van der Waals surface area contributed by atoms with Crippen LogP contribution in [-0.2, 0) is 29.9 Å². The standard InChI is InChI=1S/C27H38F3N3O4/c1-7-26(35,8-2)17-37-21-12-11-18(27(28,29)30)14-20(21)24(34)31-23-15-22(25(3,4)5)32(6)33(23)16-19-10-9-13-36-19/h11-12,14-15,19,35H,7-10,13,16-17H2,1-6H3/t19-/m1/s1. The van der Waals surface area contributed by atoms with Gasteiger partial charge in [0.25, 0.3) is 5.91 Å². The van der Waals surface area contributed by atoms with Gasteiger partial charge < -0.3 is 14.6 Å². The number of aromatic nitrogens is 2. The van der Waals surface area contributed by atoms with Crippen LogP contribution in [0.15, 0.2) is 29.3 Å². The Kier molecular flexibility index (Phi) is 8.64. The topological polar surface area (TPSA) is 78.0 Å². The second-order valence-electron chi connectivity index (χ2n) is 10.7. The second-order valence-corrected chi connectivity index (χ2v) is 10.7. The third kappa shape index (κ3) is 6.84. The molecule has 1 saturated heterocycles. The first-order valence-corrected chi connectivity index (χ1v) is 12.7. The summed E-state index contributed by atoms with van der Waals surface area (Å²) in [5.74, 6) is -0.912. The van der Waals surface area contributed by atoms with Crippen molar-refractivity contribution in [3.05, 3.63) is 46.6 Å². The number of rotatable bonds is 8. The minimum absolute atomic E-state index is 0.0383. The molecule has 1 amide bonds. The summed E-state index contributed by atoms with van der Waals surface area (Å²) in [6, 6.07) is 4.52. The Hall–Kier alpha value is -2.59. The lowest BCUT2D eigenvalue weighted by molar-refractivity contribution is -0.137. The molecule has 1 atom stereocenters. The molecule has 3 rings (SSSR count). The van der Waals surface area contributed by atoms with Gasteiger partial charge in [0.05, 0.1) is 29.4 Å². The molecule has 37 heavy (non-hydrogen) atoms. The first-order chi connectivity index (χ1) is 17.2. The maximum atomic E-state index is 13.5. The molecule has 1 aromatic heterocycles. The number of amides is 1. The number of carbonyl (C=O) groups excluding carboxylic acids is 1. The first kappa shape index (κ1) is 29.0. The number of halogens is 3. The summed E-state index contributed by atoms with van der Waals surface area (Å²) >= 11 is 0. The largest absolute Gasteiger partial charge is 0.490 e. The average molecular weight is 526 g/mol. The highest BCUT2D eigenvalue weighted by Crippen LogP contribution is 2.33. The lowest BCUT2D eigenvalue weighted by Gasteiger charge is -2.25. The molecule has 0 radical (unpaired) electrons. The van der Waals surface area contributed by atoms with Crippen LogP contribution in [0.1, 0.15) is 81.9 Å². The average Bonchev–Trinajstić information content (AvgIpc) is 3.45. The fourth-order valence-electron chi connectivity index (χ4n) is 4.39. The van der Waals surface area contributed by atoms with Crippen molar-refractivity contribution in [3.63, 3.8) is 0 Å². The monoisotopic (exact) mass is 525 g/mol. The second kappa shape index (κ2) is 11.0. The minimum atomic E-state index is -4.65. The van der Waals surface area contributed by atoms with Gasteiger partial charge in [-0.3, -0.25) is 14.2 Å². The zero-order valence-corrected chi connectivity index (χ0v) is 22.5. The zero-order chi connectivity index (χ0) is 27.6. The van der Waals surface area contributed by atoms with Crippen molar-refractivity contribution in [2.75, 3.05) is 13.2 Å². The molecule has 0 spiro atoms. The highest BCUT2D eigenvalue weighted by molar-refractivity contribution is 5.97. The zero-order valence-electron chi connectivity index (χ0n) is 22.5. The van der Waals surface area contributed by atoms with Crippen LogP contribution in [0.5, 0.6) is 5.75 Å². The van der Waals surface area contributed by atoms with E-state index in [9.17, 15) is 23.1 Å². The number of carbonyl (C=O) groups is 1. The van der Waals surface area contributed by atoms with E-state index in [1.807, 2.05) is 37.2 Å². The van der Waals surface area contributed by atoms with E-state index in [2.05, 4.69) is 4.99 Å². The number of hydrogen-bond acceptors (Lipinski definition) is 4. The fraction of sp³-hybridized carbons (Fsp3) is 0.630. The predicted molar refractivity (Wildman–Crippen MR) is 133 cm³/mol. The van der Waals surface area contributed by atoms with E-state index in [0.717, 1.165) is 36.7 Å². The molecule has 7 nitrogen and oxygen atoms in total. The molecular weight excluding hydrogens is 487 g/mol. The molecule has 1 aliphatic heterocycles. The number of nitrogens with zero attached hydrogens (tertiary/aromatic N) is 3. The third-order valence-corrected chi connectivity index (χ3v) is 6.98. The molecule has 0 unspecified atom stereocenters. The molecule has 206 valence electrons. The summed E-state index contributed by atoms with van der Waals surface area (Å²) in [7, 11) is 1.87. The molecule has 0 saturated carbocycles. The van der Waals surface area contributed by atoms with Crippen LogP contribution in [0.4, 0.5) is 13.2 Å². The van der Waals surface area contributed by atoms with E-state index in [4.69, 9.17) is 9.47 Å². The van der Waals surface area contributed by atoms with Gasteiger partial charge in [0, 0.05) is 30.8 Å². The number of alkyl halides is 3. The number of ether oxygens (including phenoxy) is 2. The van der Waals surface area contributed by atoms with Crippen LogP contribution < -0.4 is 10.2 Å². The van der Waals surface area contributed by atoms with Gasteiger partial charge in [0.15, 0.2) is 5.49 Å². The Labute approximate surface area is 215 Å². The number of benzene rings is 1. The van der Waals surface area contributed by atoms with Gasteiger partial charge in [-0.2, -0.15) is 18.2 Å². The quantitative estimate of drug-likeness (QED) is 0.527. The van der Waals surface area contributed by atoms with Gasteiger partial charge in [0.1, 0.15) is 12.4 Å². The van der Waals surface area contributed by atoms with Crippen LogP contribution >= 0.6 is 0 Å². The Balaban J connectivity index is 2.09. The molecule has 0 aliphatic carbocycles. The van der Waals surface area contributed by atoms with Crippen LogP contribution in [0, 0.1) is 0 Å². The van der Waals surface area contributed by atoms with E-state index < -0.39 is 23.2 Å².